The van der Waals surface area contributed by atoms with Gasteiger partial charge in [-0.15, -0.1) is 0 Å². The van der Waals surface area contributed by atoms with Gasteiger partial charge >= 0.3 is 0 Å². The molecule has 0 aromatic heterocycles. The first-order chi connectivity index (χ1) is 6.45. The molecule has 0 aliphatic heterocycles. The minimum atomic E-state index is 0.140. The molecule has 2 nitrogen and oxygen atoms in total. The third-order valence-electron chi connectivity index (χ3n) is 2.18. The fourth-order valence-electron chi connectivity index (χ4n) is 1.27. The standard InChI is InChI=1S/C12H18N2/c1-5-14-11-7-6-9(8-10(11)13)12(2,3)4/h5-8,14H,1,13H2,2-4H3. The minimum absolute atomic E-state index is 0.140. The van der Waals surface area contributed by atoms with Gasteiger partial charge in [0.2, 0.25) is 0 Å². The average molecular weight is 190 g/mol. The molecule has 0 saturated heterocycles. The van der Waals surface area contributed by atoms with Crippen LogP contribution in [0.5, 0.6) is 0 Å². The van der Waals surface area contributed by atoms with Gasteiger partial charge in [0.05, 0.1) is 11.4 Å². The number of nitrogens with two attached hydrogens (primary N) is 1. The Hall–Kier alpha value is -1.44. The van der Waals surface area contributed by atoms with Gasteiger partial charge in [0.25, 0.3) is 0 Å². The largest absolute Gasteiger partial charge is 0.397 e. The molecule has 0 amide bonds. The minimum Gasteiger partial charge on any atom is -0.397 e. The Morgan fingerprint density at radius 3 is 2.43 bits per heavy atom. The highest BCUT2D eigenvalue weighted by Gasteiger charge is 2.14. The lowest BCUT2D eigenvalue weighted by molar-refractivity contribution is 0.590. The molecule has 2 heteroatoms. The van der Waals surface area contributed by atoms with Crippen molar-refractivity contribution in [2.45, 2.75) is 26.2 Å². The highest BCUT2D eigenvalue weighted by atomic mass is 14.9. The number of hydrogen-bond acceptors (Lipinski definition) is 2. The highest BCUT2D eigenvalue weighted by molar-refractivity contribution is 5.68. The van der Waals surface area contributed by atoms with Gasteiger partial charge in [-0.25, -0.2) is 0 Å². The first-order valence-electron chi connectivity index (χ1n) is 4.72. The van der Waals surface area contributed by atoms with Crippen molar-refractivity contribution >= 4 is 11.4 Å². The van der Waals surface area contributed by atoms with E-state index in [4.69, 9.17) is 5.73 Å². The topological polar surface area (TPSA) is 38.0 Å². The van der Waals surface area contributed by atoms with Crippen molar-refractivity contribution in [2.75, 3.05) is 11.1 Å². The van der Waals surface area contributed by atoms with Crippen LogP contribution in [0.15, 0.2) is 31.0 Å². The van der Waals surface area contributed by atoms with Crippen molar-refractivity contribution in [1.29, 1.82) is 0 Å². The summed E-state index contributed by atoms with van der Waals surface area (Å²) in [5, 5.41) is 2.99. The number of nitrogens with one attached hydrogen (secondary N) is 1. The van der Waals surface area contributed by atoms with Crippen molar-refractivity contribution in [3.8, 4) is 0 Å². The van der Waals surface area contributed by atoms with E-state index in [1.165, 1.54) is 5.56 Å². The zero-order chi connectivity index (χ0) is 10.8. The van der Waals surface area contributed by atoms with Crippen LogP contribution in [0.3, 0.4) is 0 Å². The molecule has 0 unspecified atom stereocenters. The summed E-state index contributed by atoms with van der Waals surface area (Å²) in [4.78, 5) is 0. The van der Waals surface area contributed by atoms with Crippen LogP contribution in [-0.2, 0) is 5.41 Å². The molecule has 0 aliphatic rings. The van der Waals surface area contributed by atoms with Crippen LogP contribution in [0, 0.1) is 0 Å². The summed E-state index contributed by atoms with van der Waals surface area (Å²) in [6, 6.07) is 6.08. The molecule has 0 aliphatic carbocycles. The Morgan fingerprint density at radius 2 is 2.00 bits per heavy atom. The Morgan fingerprint density at radius 1 is 1.36 bits per heavy atom. The van der Waals surface area contributed by atoms with Crippen molar-refractivity contribution in [3.63, 3.8) is 0 Å². The van der Waals surface area contributed by atoms with E-state index >= 15 is 0 Å². The number of hydrogen-bond donors (Lipinski definition) is 2. The molecule has 0 saturated carbocycles. The summed E-state index contributed by atoms with van der Waals surface area (Å²) in [6.07, 6.45) is 1.63. The van der Waals surface area contributed by atoms with Crippen LogP contribution in [0.2, 0.25) is 0 Å². The summed E-state index contributed by atoms with van der Waals surface area (Å²) >= 11 is 0. The van der Waals surface area contributed by atoms with Crippen LogP contribution in [-0.4, -0.2) is 0 Å². The predicted molar refractivity (Wildman–Crippen MR) is 63.4 cm³/mol. The van der Waals surface area contributed by atoms with E-state index < -0.39 is 0 Å². The summed E-state index contributed by atoms with van der Waals surface area (Å²) < 4.78 is 0. The first-order valence-corrected chi connectivity index (χ1v) is 4.72. The first kappa shape index (κ1) is 10.6. The molecule has 0 heterocycles. The highest BCUT2D eigenvalue weighted by Crippen LogP contribution is 2.27. The molecule has 3 N–H and O–H groups in total. The Balaban J connectivity index is 3.06. The van der Waals surface area contributed by atoms with E-state index in [1.807, 2.05) is 12.1 Å². The van der Waals surface area contributed by atoms with Gasteiger partial charge in [0.15, 0.2) is 0 Å². The smallest absolute Gasteiger partial charge is 0.0613 e. The lowest BCUT2D eigenvalue weighted by Gasteiger charge is -2.20. The van der Waals surface area contributed by atoms with E-state index in [-0.39, 0.29) is 5.41 Å². The second kappa shape index (κ2) is 3.74. The molecule has 1 aromatic rings. The third kappa shape index (κ3) is 2.28. The Kier molecular flexibility index (Phi) is 2.84. The number of rotatable bonds is 2. The van der Waals surface area contributed by atoms with Crippen LogP contribution in [0.25, 0.3) is 0 Å². The van der Waals surface area contributed by atoms with Crippen molar-refractivity contribution in [3.05, 3.63) is 36.5 Å². The second-order valence-corrected chi connectivity index (χ2v) is 4.40. The number of anilines is 2. The van der Waals surface area contributed by atoms with E-state index in [0.717, 1.165) is 11.4 Å². The molecule has 0 spiro atoms. The molecule has 0 atom stereocenters. The summed E-state index contributed by atoms with van der Waals surface area (Å²) in [7, 11) is 0. The fourth-order valence-corrected chi connectivity index (χ4v) is 1.27. The van der Waals surface area contributed by atoms with Gasteiger partial charge < -0.3 is 11.1 Å². The summed E-state index contributed by atoms with van der Waals surface area (Å²) in [6.45, 7) is 10.1. The summed E-state index contributed by atoms with van der Waals surface area (Å²) in [5.74, 6) is 0. The quantitative estimate of drug-likeness (QED) is 0.703. The molecule has 1 aromatic carbocycles. The maximum Gasteiger partial charge on any atom is 0.0613 e. The second-order valence-electron chi connectivity index (χ2n) is 4.40. The van der Waals surface area contributed by atoms with Crippen molar-refractivity contribution in [1.82, 2.24) is 0 Å². The molecule has 0 fully saturated rings. The maximum atomic E-state index is 5.89. The van der Waals surface area contributed by atoms with Gasteiger partial charge in [0, 0.05) is 0 Å². The molecule has 76 valence electrons. The maximum absolute atomic E-state index is 5.89. The van der Waals surface area contributed by atoms with Crippen LogP contribution in [0.1, 0.15) is 26.3 Å². The Labute approximate surface area is 85.8 Å². The summed E-state index contributed by atoms with van der Waals surface area (Å²) in [5.41, 5.74) is 8.95. The van der Waals surface area contributed by atoms with Gasteiger partial charge in [-0.2, -0.15) is 0 Å². The SMILES string of the molecule is C=CNc1ccc(C(C)(C)C)cc1N. The third-order valence-corrected chi connectivity index (χ3v) is 2.18. The molecule has 1 rings (SSSR count). The van der Waals surface area contributed by atoms with E-state index in [2.05, 4.69) is 38.7 Å². The van der Waals surface area contributed by atoms with E-state index in [1.54, 1.807) is 6.20 Å². The Bertz CT molecular complexity index is 335. The van der Waals surface area contributed by atoms with Crippen molar-refractivity contribution in [2.24, 2.45) is 0 Å². The van der Waals surface area contributed by atoms with E-state index in [9.17, 15) is 0 Å². The normalized spacial score (nSPS) is 11.1. The van der Waals surface area contributed by atoms with Crippen LogP contribution >= 0.6 is 0 Å². The number of benzene rings is 1. The molecule has 0 radical (unpaired) electrons. The van der Waals surface area contributed by atoms with Crippen molar-refractivity contribution < 1.29 is 0 Å². The lowest BCUT2D eigenvalue weighted by atomic mass is 9.87. The zero-order valence-corrected chi connectivity index (χ0v) is 9.09. The molecular formula is C12H18N2. The van der Waals surface area contributed by atoms with Crippen LogP contribution in [0.4, 0.5) is 11.4 Å². The zero-order valence-electron chi connectivity index (χ0n) is 9.09. The lowest BCUT2D eigenvalue weighted by Crippen LogP contribution is -2.11. The van der Waals surface area contributed by atoms with Gasteiger partial charge in [0.1, 0.15) is 0 Å². The van der Waals surface area contributed by atoms with Gasteiger partial charge in [-0.05, 0) is 29.3 Å². The molecule has 0 bridgehead atoms. The van der Waals surface area contributed by atoms with Crippen LogP contribution < -0.4 is 11.1 Å². The number of nitrogen functional groups attached to an aromatic ring is 1. The van der Waals surface area contributed by atoms with Gasteiger partial charge in [-0.1, -0.05) is 33.4 Å². The van der Waals surface area contributed by atoms with E-state index in [0.29, 0.717) is 0 Å². The monoisotopic (exact) mass is 190 g/mol. The predicted octanol–water partition coefficient (Wildman–Crippen LogP) is 3.12. The molecular weight excluding hydrogens is 172 g/mol. The average Bonchev–Trinajstić information content (AvgIpc) is 2.07. The fraction of sp³-hybridized carbons (Fsp3) is 0.333. The molecule has 14 heavy (non-hydrogen) atoms. The van der Waals surface area contributed by atoms with Gasteiger partial charge in [-0.3, -0.25) is 0 Å².